The van der Waals surface area contributed by atoms with E-state index >= 15 is 0 Å². The number of ether oxygens (including phenoxy) is 1. The summed E-state index contributed by atoms with van der Waals surface area (Å²) in [5.41, 5.74) is 0.769. The van der Waals surface area contributed by atoms with Crippen LogP contribution in [0.15, 0.2) is 18.2 Å². The quantitative estimate of drug-likeness (QED) is 0.907. The molecular formula is C15H20FN3OS. The maximum atomic E-state index is 13.7. The predicted molar refractivity (Wildman–Crippen MR) is 83.5 cm³/mol. The Labute approximate surface area is 128 Å². The van der Waals surface area contributed by atoms with E-state index < -0.39 is 0 Å². The van der Waals surface area contributed by atoms with Crippen molar-refractivity contribution in [3.8, 4) is 5.75 Å². The Balaban J connectivity index is 2.00. The first-order valence-corrected chi connectivity index (χ1v) is 7.66. The number of halogens is 1. The van der Waals surface area contributed by atoms with Crippen molar-refractivity contribution < 1.29 is 9.13 Å². The van der Waals surface area contributed by atoms with E-state index in [1.54, 1.807) is 6.07 Å². The zero-order valence-electron chi connectivity index (χ0n) is 12.7. The molecule has 0 saturated heterocycles. The summed E-state index contributed by atoms with van der Waals surface area (Å²) in [5, 5.41) is 3.91. The van der Waals surface area contributed by atoms with Gasteiger partial charge in [-0.15, -0.1) is 0 Å². The summed E-state index contributed by atoms with van der Waals surface area (Å²) in [4.78, 5) is 4.44. The monoisotopic (exact) mass is 309 g/mol. The maximum Gasteiger partial charge on any atom is 0.202 e. The first-order valence-electron chi connectivity index (χ1n) is 6.89. The van der Waals surface area contributed by atoms with Crippen LogP contribution in [0.1, 0.15) is 39.1 Å². The fourth-order valence-corrected chi connectivity index (χ4v) is 2.46. The van der Waals surface area contributed by atoms with Crippen molar-refractivity contribution in [3.05, 3.63) is 35.4 Å². The first-order chi connectivity index (χ1) is 9.90. The van der Waals surface area contributed by atoms with E-state index in [0.29, 0.717) is 13.2 Å². The Bertz CT molecular complexity index is 607. The van der Waals surface area contributed by atoms with Gasteiger partial charge in [-0.2, -0.15) is 4.37 Å². The topological polar surface area (TPSA) is 47.0 Å². The lowest BCUT2D eigenvalue weighted by Crippen LogP contribution is -2.13. The molecule has 0 bridgehead atoms. The van der Waals surface area contributed by atoms with Crippen LogP contribution in [-0.2, 0) is 12.0 Å². The van der Waals surface area contributed by atoms with Gasteiger partial charge in [0.25, 0.3) is 0 Å². The molecule has 2 rings (SSSR count). The van der Waals surface area contributed by atoms with E-state index in [2.05, 4.69) is 35.4 Å². The number of hydrogen-bond acceptors (Lipinski definition) is 5. The third-order valence-corrected chi connectivity index (χ3v) is 3.51. The summed E-state index contributed by atoms with van der Waals surface area (Å²) in [7, 11) is 0. The smallest absolute Gasteiger partial charge is 0.202 e. The van der Waals surface area contributed by atoms with Gasteiger partial charge in [-0.1, -0.05) is 26.8 Å². The van der Waals surface area contributed by atoms with Crippen molar-refractivity contribution in [3.63, 3.8) is 0 Å². The molecule has 2 aromatic rings. The number of nitrogens with zero attached hydrogens (tertiary/aromatic N) is 2. The first kappa shape index (κ1) is 15.7. The molecule has 0 aliphatic carbocycles. The summed E-state index contributed by atoms with van der Waals surface area (Å²) in [6.45, 7) is 9.00. The van der Waals surface area contributed by atoms with Crippen LogP contribution >= 0.6 is 11.5 Å². The Morgan fingerprint density at radius 1 is 1.33 bits per heavy atom. The van der Waals surface area contributed by atoms with Gasteiger partial charge in [-0.3, -0.25) is 0 Å². The van der Waals surface area contributed by atoms with Crippen molar-refractivity contribution in [2.75, 3.05) is 11.9 Å². The van der Waals surface area contributed by atoms with Gasteiger partial charge >= 0.3 is 0 Å². The van der Waals surface area contributed by atoms with Crippen molar-refractivity contribution in [1.29, 1.82) is 0 Å². The van der Waals surface area contributed by atoms with E-state index in [9.17, 15) is 4.39 Å². The number of benzene rings is 1. The average molecular weight is 309 g/mol. The van der Waals surface area contributed by atoms with Crippen LogP contribution in [0.5, 0.6) is 5.75 Å². The van der Waals surface area contributed by atoms with Gasteiger partial charge in [0.05, 0.1) is 6.61 Å². The zero-order valence-corrected chi connectivity index (χ0v) is 13.6. The summed E-state index contributed by atoms with van der Waals surface area (Å²) >= 11 is 1.32. The van der Waals surface area contributed by atoms with Gasteiger partial charge in [0.2, 0.25) is 5.13 Å². The van der Waals surface area contributed by atoms with Crippen LogP contribution < -0.4 is 10.1 Å². The summed E-state index contributed by atoms with van der Waals surface area (Å²) < 4.78 is 23.3. The Kier molecular flexibility index (Phi) is 4.77. The van der Waals surface area contributed by atoms with Gasteiger partial charge in [0.1, 0.15) is 5.82 Å². The number of rotatable bonds is 5. The van der Waals surface area contributed by atoms with Crippen LogP contribution in [0.2, 0.25) is 0 Å². The molecule has 0 amide bonds. The molecule has 21 heavy (non-hydrogen) atoms. The van der Waals surface area contributed by atoms with E-state index in [1.807, 2.05) is 13.0 Å². The highest BCUT2D eigenvalue weighted by Crippen LogP contribution is 2.24. The highest BCUT2D eigenvalue weighted by atomic mass is 32.1. The Morgan fingerprint density at radius 2 is 2.10 bits per heavy atom. The van der Waals surface area contributed by atoms with Crippen molar-refractivity contribution in [2.45, 2.75) is 39.7 Å². The average Bonchev–Trinajstić information content (AvgIpc) is 2.88. The lowest BCUT2D eigenvalue weighted by Gasteiger charge is -2.12. The fraction of sp³-hybridized carbons (Fsp3) is 0.467. The Morgan fingerprint density at radius 3 is 2.67 bits per heavy atom. The zero-order chi connectivity index (χ0) is 15.5. The van der Waals surface area contributed by atoms with Gasteiger partial charge < -0.3 is 10.1 Å². The minimum Gasteiger partial charge on any atom is -0.491 e. The van der Waals surface area contributed by atoms with Crippen molar-refractivity contribution >= 4 is 16.7 Å². The molecule has 1 aromatic carbocycles. The minimum atomic E-state index is -0.344. The normalized spacial score (nSPS) is 11.5. The number of hydrogen-bond donors (Lipinski definition) is 1. The van der Waals surface area contributed by atoms with Gasteiger partial charge in [-0.05, 0) is 24.6 Å². The second-order valence-electron chi connectivity index (χ2n) is 5.72. The molecule has 1 N–H and O–H groups in total. The second kappa shape index (κ2) is 6.39. The molecular weight excluding hydrogens is 289 g/mol. The fourth-order valence-electron chi connectivity index (χ4n) is 1.70. The number of anilines is 1. The molecule has 0 radical (unpaired) electrons. The van der Waals surface area contributed by atoms with E-state index in [1.165, 1.54) is 17.6 Å². The molecule has 0 aliphatic rings. The minimum absolute atomic E-state index is 0.0678. The van der Waals surface area contributed by atoms with E-state index in [0.717, 1.165) is 16.5 Å². The molecule has 6 heteroatoms. The largest absolute Gasteiger partial charge is 0.491 e. The van der Waals surface area contributed by atoms with E-state index in [4.69, 9.17) is 4.74 Å². The third kappa shape index (κ3) is 4.14. The number of aromatic nitrogens is 2. The second-order valence-corrected chi connectivity index (χ2v) is 6.48. The predicted octanol–water partition coefficient (Wildman–Crippen LogP) is 3.99. The lowest BCUT2D eigenvalue weighted by atomic mass is 9.96. The van der Waals surface area contributed by atoms with E-state index in [-0.39, 0.29) is 17.0 Å². The lowest BCUT2D eigenvalue weighted by molar-refractivity contribution is 0.321. The van der Waals surface area contributed by atoms with Crippen LogP contribution in [0.3, 0.4) is 0 Å². The molecule has 0 fully saturated rings. The maximum absolute atomic E-state index is 13.7. The summed E-state index contributed by atoms with van der Waals surface area (Å²) in [5.74, 6) is 0.754. The third-order valence-electron chi connectivity index (χ3n) is 2.84. The van der Waals surface area contributed by atoms with Crippen LogP contribution in [-0.4, -0.2) is 16.0 Å². The molecule has 0 spiro atoms. The van der Waals surface area contributed by atoms with Crippen LogP contribution in [0.4, 0.5) is 9.52 Å². The van der Waals surface area contributed by atoms with Gasteiger partial charge in [0.15, 0.2) is 11.6 Å². The highest BCUT2D eigenvalue weighted by molar-refractivity contribution is 7.09. The van der Waals surface area contributed by atoms with Crippen LogP contribution in [0.25, 0.3) is 0 Å². The molecule has 0 aliphatic heterocycles. The highest BCUT2D eigenvalue weighted by Gasteiger charge is 2.19. The molecule has 0 saturated carbocycles. The molecule has 4 nitrogen and oxygen atoms in total. The molecule has 114 valence electrons. The summed E-state index contributed by atoms with van der Waals surface area (Å²) in [6.07, 6.45) is 0. The molecule has 0 unspecified atom stereocenters. The molecule has 1 heterocycles. The molecule has 1 aromatic heterocycles. The standard InChI is InChI=1S/C15H20FN3OS/c1-5-20-12-7-6-10(8-11(12)16)9-17-14-18-13(19-21-14)15(2,3)4/h6-8H,5,9H2,1-4H3,(H,17,18,19). The Hall–Kier alpha value is -1.69. The molecule has 0 atom stereocenters. The van der Waals surface area contributed by atoms with Gasteiger partial charge in [0, 0.05) is 23.5 Å². The number of nitrogens with one attached hydrogen (secondary N) is 1. The summed E-state index contributed by atoms with van der Waals surface area (Å²) in [6, 6.07) is 4.97. The van der Waals surface area contributed by atoms with Crippen molar-refractivity contribution in [1.82, 2.24) is 9.36 Å². The van der Waals surface area contributed by atoms with Crippen LogP contribution in [0, 0.1) is 5.82 Å². The van der Waals surface area contributed by atoms with Gasteiger partial charge in [-0.25, -0.2) is 9.37 Å². The SMILES string of the molecule is CCOc1ccc(CNc2nc(C(C)(C)C)ns2)cc1F. The van der Waals surface area contributed by atoms with Crippen molar-refractivity contribution in [2.24, 2.45) is 0 Å².